The molecule has 2 aliphatic carbocycles. The molecule has 2 saturated carbocycles. The summed E-state index contributed by atoms with van der Waals surface area (Å²) in [5.74, 6) is 1.52. The third-order valence-corrected chi connectivity index (χ3v) is 8.92. The first-order chi connectivity index (χ1) is 17.0. The molecule has 1 aromatic carbocycles. The predicted octanol–water partition coefficient (Wildman–Crippen LogP) is 2.97. The first-order valence-corrected chi connectivity index (χ1v) is 13.2. The second-order valence-electron chi connectivity index (χ2n) is 11.2. The normalized spacial score (nSPS) is 30.8. The standard InChI is InChI=1S/C28H36N4O3/c29-26-25(27(34)31-23-5-7-24(33)8-6-23)11-20(12-30-26)19-1-3-21(4-2-19)28-10-9-22(28)14-32(17-28)13-18-15-35-16-18/h1-4,11-12,18,22-24,33H,5-10,13-17H2,(H2,29,30)(H,31,34)/t22-,23?,24?,28+/m1/s1. The summed E-state index contributed by atoms with van der Waals surface area (Å²) in [7, 11) is 0. The molecule has 4 aliphatic rings. The summed E-state index contributed by atoms with van der Waals surface area (Å²) in [6, 6.07) is 10.8. The third-order valence-electron chi connectivity index (χ3n) is 8.92. The topological polar surface area (TPSA) is 101 Å². The van der Waals surface area contributed by atoms with Crippen LogP contribution in [-0.2, 0) is 10.2 Å². The van der Waals surface area contributed by atoms with Crippen molar-refractivity contribution in [2.45, 2.75) is 56.1 Å². The zero-order valence-corrected chi connectivity index (χ0v) is 20.3. The van der Waals surface area contributed by atoms with Crippen LogP contribution in [0.5, 0.6) is 0 Å². The Hall–Kier alpha value is -2.48. The van der Waals surface area contributed by atoms with Crippen molar-refractivity contribution in [3.05, 3.63) is 47.7 Å². The van der Waals surface area contributed by atoms with E-state index in [1.54, 1.807) is 6.20 Å². The lowest BCUT2D eigenvalue weighted by molar-refractivity contribution is -0.0444. The van der Waals surface area contributed by atoms with Crippen LogP contribution in [-0.4, -0.2) is 65.9 Å². The maximum atomic E-state index is 12.9. The van der Waals surface area contributed by atoms with Crippen molar-refractivity contribution in [1.82, 2.24) is 15.2 Å². The molecule has 2 aromatic rings. The molecule has 0 unspecified atom stereocenters. The molecule has 4 fully saturated rings. The van der Waals surface area contributed by atoms with Gasteiger partial charge >= 0.3 is 0 Å². The minimum Gasteiger partial charge on any atom is -0.393 e. The Morgan fingerprint density at radius 2 is 1.91 bits per heavy atom. The number of nitrogens with two attached hydrogens (primary N) is 1. The number of pyridine rings is 1. The van der Waals surface area contributed by atoms with Crippen LogP contribution in [0.15, 0.2) is 36.5 Å². The number of nitrogens with one attached hydrogen (secondary N) is 1. The van der Waals surface area contributed by atoms with E-state index >= 15 is 0 Å². The molecule has 6 rings (SSSR count). The van der Waals surface area contributed by atoms with Crippen LogP contribution >= 0.6 is 0 Å². The molecule has 2 atom stereocenters. The number of nitrogens with zero attached hydrogens (tertiary/aromatic N) is 2. The van der Waals surface area contributed by atoms with Crippen LogP contribution in [0.25, 0.3) is 11.1 Å². The number of hydrogen-bond acceptors (Lipinski definition) is 6. The number of carbonyl (C=O) groups is 1. The molecular weight excluding hydrogens is 440 g/mol. The number of nitrogen functional groups attached to an aromatic ring is 1. The Balaban J connectivity index is 1.16. The fourth-order valence-electron chi connectivity index (χ4n) is 6.60. The quantitative estimate of drug-likeness (QED) is 0.593. The molecule has 35 heavy (non-hydrogen) atoms. The van der Waals surface area contributed by atoms with E-state index in [1.807, 2.05) is 6.07 Å². The van der Waals surface area contributed by atoms with Crippen molar-refractivity contribution < 1.29 is 14.6 Å². The van der Waals surface area contributed by atoms with Gasteiger partial charge < -0.3 is 25.8 Å². The van der Waals surface area contributed by atoms with E-state index in [0.29, 0.717) is 16.9 Å². The molecule has 1 aromatic heterocycles. The van der Waals surface area contributed by atoms with Gasteiger partial charge in [0.25, 0.3) is 5.91 Å². The number of aliphatic hydroxyl groups excluding tert-OH is 1. The van der Waals surface area contributed by atoms with Crippen molar-refractivity contribution in [3.8, 4) is 11.1 Å². The van der Waals surface area contributed by atoms with E-state index in [0.717, 1.165) is 62.5 Å². The largest absolute Gasteiger partial charge is 0.393 e. The van der Waals surface area contributed by atoms with Crippen molar-refractivity contribution in [2.75, 3.05) is 38.6 Å². The molecule has 4 N–H and O–H groups in total. The number of carbonyl (C=O) groups excluding carboxylic acids is 1. The van der Waals surface area contributed by atoms with Gasteiger partial charge in [-0.1, -0.05) is 24.3 Å². The average Bonchev–Trinajstić information content (AvgIpc) is 3.08. The number of fused-ring (bicyclic) bond motifs is 1. The Kier molecular flexibility index (Phi) is 6.03. The predicted molar refractivity (Wildman–Crippen MR) is 135 cm³/mol. The van der Waals surface area contributed by atoms with E-state index in [2.05, 4.69) is 39.5 Å². The lowest BCUT2D eigenvalue weighted by Crippen LogP contribution is -2.44. The van der Waals surface area contributed by atoms with Gasteiger partial charge in [-0.2, -0.15) is 0 Å². The van der Waals surface area contributed by atoms with Crippen LogP contribution in [0.3, 0.4) is 0 Å². The van der Waals surface area contributed by atoms with Gasteiger partial charge in [-0.15, -0.1) is 0 Å². The first-order valence-electron chi connectivity index (χ1n) is 13.2. The number of anilines is 1. The van der Waals surface area contributed by atoms with Crippen LogP contribution < -0.4 is 11.1 Å². The maximum Gasteiger partial charge on any atom is 0.255 e. The highest BCUT2D eigenvalue weighted by Crippen LogP contribution is 2.53. The lowest BCUT2D eigenvalue weighted by atomic mass is 9.58. The van der Waals surface area contributed by atoms with Crippen molar-refractivity contribution in [3.63, 3.8) is 0 Å². The smallest absolute Gasteiger partial charge is 0.255 e. The van der Waals surface area contributed by atoms with Crippen molar-refractivity contribution in [1.29, 1.82) is 0 Å². The highest BCUT2D eigenvalue weighted by atomic mass is 16.5. The average molecular weight is 477 g/mol. The van der Waals surface area contributed by atoms with E-state index in [4.69, 9.17) is 10.5 Å². The summed E-state index contributed by atoms with van der Waals surface area (Å²) in [5, 5.41) is 12.8. The molecule has 0 bridgehead atoms. The second-order valence-corrected chi connectivity index (χ2v) is 11.2. The molecule has 7 heteroatoms. The summed E-state index contributed by atoms with van der Waals surface area (Å²) in [4.78, 5) is 19.9. The molecule has 7 nitrogen and oxygen atoms in total. The minimum absolute atomic E-state index is 0.0747. The number of likely N-dealkylation sites (tertiary alicyclic amines) is 1. The fraction of sp³-hybridized carbons (Fsp3) is 0.571. The number of amides is 1. The summed E-state index contributed by atoms with van der Waals surface area (Å²) < 4.78 is 5.38. The highest BCUT2D eigenvalue weighted by molar-refractivity contribution is 5.99. The van der Waals surface area contributed by atoms with Crippen LogP contribution in [0.1, 0.15) is 54.4 Å². The minimum atomic E-state index is -0.249. The van der Waals surface area contributed by atoms with Crippen LogP contribution in [0.2, 0.25) is 0 Å². The summed E-state index contributed by atoms with van der Waals surface area (Å²) in [6.07, 6.45) is 7.10. The summed E-state index contributed by atoms with van der Waals surface area (Å²) in [6.45, 7) is 5.36. The van der Waals surface area contributed by atoms with E-state index < -0.39 is 0 Å². The van der Waals surface area contributed by atoms with Crippen LogP contribution in [0.4, 0.5) is 5.82 Å². The Morgan fingerprint density at radius 3 is 2.57 bits per heavy atom. The highest BCUT2D eigenvalue weighted by Gasteiger charge is 2.53. The Morgan fingerprint density at radius 1 is 1.14 bits per heavy atom. The van der Waals surface area contributed by atoms with Crippen molar-refractivity contribution in [2.24, 2.45) is 11.8 Å². The summed E-state index contributed by atoms with van der Waals surface area (Å²) >= 11 is 0. The van der Waals surface area contributed by atoms with Gasteiger partial charge in [0.15, 0.2) is 0 Å². The number of rotatable bonds is 6. The van der Waals surface area contributed by atoms with Gasteiger partial charge in [0.1, 0.15) is 5.82 Å². The van der Waals surface area contributed by atoms with Gasteiger partial charge in [0.2, 0.25) is 0 Å². The zero-order chi connectivity index (χ0) is 24.0. The van der Waals surface area contributed by atoms with E-state index in [-0.39, 0.29) is 23.9 Å². The fourth-order valence-corrected chi connectivity index (χ4v) is 6.60. The SMILES string of the molecule is Nc1ncc(-c2ccc([C@@]34CC[C@@H]3CN(CC3COC3)C4)cc2)cc1C(=O)NC1CCC(O)CC1. The molecule has 1 amide bonds. The second kappa shape index (κ2) is 9.19. The molecule has 2 saturated heterocycles. The molecule has 186 valence electrons. The maximum absolute atomic E-state index is 12.9. The van der Waals surface area contributed by atoms with Gasteiger partial charge in [-0.3, -0.25) is 4.79 Å². The Labute approximate surface area is 207 Å². The number of aliphatic hydroxyl groups is 1. The zero-order valence-electron chi connectivity index (χ0n) is 20.3. The number of hydrogen-bond donors (Lipinski definition) is 3. The molecule has 0 radical (unpaired) electrons. The van der Waals surface area contributed by atoms with Gasteiger partial charge in [-0.05, 0) is 61.6 Å². The number of aromatic nitrogens is 1. The number of benzene rings is 1. The molecule has 3 heterocycles. The van der Waals surface area contributed by atoms with Gasteiger partial charge in [0, 0.05) is 48.8 Å². The lowest BCUT2D eigenvalue weighted by Gasteiger charge is -2.45. The van der Waals surface area contributed by atoms with Gasteiger partial charge in [0.05, 0.1) is 24.9 Å². The van der Waals surface area contributed by atoms with Crippen LogP contribution in [0, 0.1) is 11.8 Å². The molecule has 0 spiro atoms. The summed E-state index contributed by atoms with van der Waals surface area (Å²) in [5.41, 5.74) is 10.2. The van der Waals surface area contributed by atoms with E-state index in [9.17, 15) is 9.90 Å². The monoisotopic (exact) mass is 476 g/mol. The molecule has 2 aliphatic heterocycles. The first kappa shape index (κ1) is 23.0. The Bertz CT molecular complexity index is 1080. The van der Waals surface area contributed by atoms with E-state index in [1.165, 1.54) is 31.5 Å². The number of ether oxygens (including phenoxy) is 1. The van der Waals surface area contributed by atoms with Crippen molar-refractivity contribution >= 4 is 11.7 Å². The molecular formula is C28H36N4O3. The third kappa shape index (κ3) is 4.34. The van der Waals surface area contributed by atoms with Gasteiger partial charge in [-0.25, -0.2) is 4.98 Å².